The van der Waals surface area contributed by atoms with Gasteiger partial charge in [-0.3, -0.25) is 0 Å². The highest BCUT2D eigenvalue weighted by Gasteiger charge is 2.21. The minimum atomic E-state index is 0.254. The van der Waals surface area contributed by atoms with Gasteiger partial charge in [-0.15, -0.1) is 0 Å². The molecule has 1 heterocycles. The van der Waals surface area contributed by atoms with Gasteiger partial charge in [0.25, 0.3) is 0 Å². The zero-order valence-corrected chi connectivity index (χ0v) is 9.91. The first-order valence-electron chi connectivity index (χ1n) is 5.93. The van der Waals surface area contributed by atoms with Crippen LogP contribution in [0.1, 0.15) is 24.2 Å². The summed E-state index contributed by atoms with van der Waals surface area (Å²) < 4.78 is 5.83. The van der Waals surface area contributed by atoms with Crippen LogP contribution in [0.4, 0.5) is 0 Å². The zero-order valence-electron chi connectivity index (χ0n) is 9.91. The molecular weight excluding hydrogens is 198 g/mol. The SMILES string of the molecule is C=C(C)C[NH2+]CC1OCCc2ccccc21. The monoisotopic (exact) mass is 218 g/mol. The molecule has 2 N–H and O–H groups in total. The third kappa shape index (κ3) is 2.71. The average Bonchev–Trinajstić information content (AvgIpc) is 2.29. The van der Waals surface area contributed by atoms with E-state index in [1.165, 1.54) is 16.7 Å². The van der Waals surface area contributed by atoms with Gasteiger partial charge in [-0.25, -0.2) is 0 Å². The molecule has 2 rings (SSSR count). The number of benzene rings is 1. The molecule has 0 saturated heterocycles. The van der Waals surface area contributed by atoms with Crippen molar-refractivity contribution in [2.75, 3.05) is 19.7 Å². The summed E-state index contributed by atoms with van der Waals surface area (Å²) >= 11 is 0. The van der Waals surface area contributed by atoms with Crippen molar-refractivity contribution in [3.05, 3.63) is 47.5 Å². The number of hydrogen-bond donors (Lipinski definition) is 1. The second kappa shape index (κ2) is 5.28. The molecule has 1 aromatic rings. The molecule has 0 spiro atoms. The number of fused-ring (bicyclic) bond motifs is 1. The van der Waals surface area contributed by atoms with Crippen LogP contribution in [0.25, 0.3) is 0 Å². The average molecular weight is 218 g/mol. The fraction of sp³-hybridized carbons (Fsp3) is 0.429. The standard InChI is InChI=1S/C14H19NO/c1-11(2)9-15-10-14-13-6-4-3-5-12(13)7-8-16-14/h3-6,14-15H,1,7-10H2,2H3/p+1. The minimum Gasteiger partial charge on any atom is -0.367 e. The molecule has 0 fully saturated rings. The Bertz CT molecular complexity index is 373. The first-order valence-corrected chi connectivity index (χ1v) is 5.93. The van der Waals surface area contributed by atoms with Crippen LogP contribution in [0, 0.1) is 0 Å². The van der Waals surface area contributed by atoms with Crippen LogP contribution in [-0.2, 0) is 11.2 Å². The first-order chi connectivity index (χ1) is 7.77. The maximum absolute atomic E-state index is 5.83. The summed E-state index contributed by atoms with van der Waals surface area (Å²) in [7, 11) is 0. The Morgan fingerprint density at radius 2 is 2.31 bits per heavy atom. The maximum Gasteiger partial charge on any atom is 0.131 e. The van der Waals surface area contributed by atoms with Gasteiger partial charge in [0.1, 0.15) is 12.6 Å². The Hall–Kier alpha value is -1.12. The molecule has 1 unspecified atom stereocenters. The third-order valence-corrected chi connectivity index (χ3v) is 2.97. The molecule has 2 nitrogen and oxygen atoms in total. The lowest BCUT2D eigenvalue weighted by molar-refractivity contribution is -0.655. The van der Waals surface area contributed by atoms with Gasteiger partial charge < -0.3 is 10.1 Å². The van der Waals surface area contributed by atoms with Crippen molar-refractivity contribution in [2.24, 2.45) is 0 Å². The van der Waals surface area contributed by atoms with Crippen molar-refractivity contribution < 1.29 is 10.1 Å². The predicted molar refractivity (Wildman–Crippen MR) is 65.3 cm³/mol. The highest BCUT2D eigenvalue weighted by molar-refractivity contribution is 5.30. The molecule has 1 aliphatic rings. The Morgan fingerprint density at radius 3 is 3.12 bits per heavy atom. The molecular formula is C14H20NO+. The number of rotatable bonds is 4. The van der Waals surface area contributed by atoms with E-state index in [4.69, 9.17) is 4.74 Å². The van der Waals surface area contributed by atoms with Crippen molar-refractivity contribution in [1.82, 2.24) is 0 Å². The van der Waals surface area contributed by atoms with E-state index in [1.54, 1.807) is 0 Å². The zero-order chi connectivity index (χ0) is 11.4. The van der Waals surface area contributed by atoms with Crippen molar-refractivity contribution in [1.29, 1.82) is 0 Å². The van der Waals surface area contributed by atoms with Crippen molar-refractivity contribution in [3.63, 3.8) is 0 Å². The molecule has 0 saturated carbocycles. The van der Waals surface area contributed by atoms with Crippen molar-refractivity contribution in [2.45, 2.75) is 19.4 Å². The molecule has 1 aliphatic heterocycles. The molecule has 0 aromatic heterocycles. The van der Waals surface area contributed by atoms with Gasteiger partial charge in [0.15, 0.2) is 0 Å². The highest BCUT2D eigenvalue weighted by Crippen LogP contribution is 2.25. The topological polar surface area (TPSA) is 25.8 Å². The largest absolute Gasteiger partial charge is 0.367 e. The smallest absolute Gasteiger partial charge is 0.131 e. The van der Waals surface area contributed by atoms with Gasteiger partial charge in [0.05, 0.1) is 13.2 Å². The van der Waals surface area contributed by atoms with Gasteiger partial charge in [0, 0.05) is 0 Å². The van der Waals surface area contributed by atoms with E-state index in [-0.39, 0.29) is 6.10 Å². The number of quaternary nitrogens is 1. The molecule has 0 radical (unpaired) electrons. The van der Waals surface area contributed by atoms with E-state index in [9.17, 15) is 0 Å². The summed E-state index contributed by atoms with van der Waals surface area (Å²) in [5.74, 6) is 0. The fourth-order valence-electron chi connectivity index (χ4n) is 2.15. The van der Waals surface area contributed by atoms with Crippen LogP contribution in [0.3, 0.4) is 0 Å². The van der Waals surface area contributed by atoms with Gasteiger partial charge in [-0.2, -0.15) is 0 Å². The van der Waals surface area contributed by atoms with Crippen LogP contribution in [0.15, 0.2) is 36.4 Å². The molecule has 16 heavy (non-hydrogen) atoms. The number of ether oxygens (including phenoxy) is 1. The summed E-state index contributed by atoms with van der Waals surface area (Å²) in [4.78, 5) is 0. The van der Waals surface area contributed by atoms with Gasteiger partial charge in [0.2, 0.25) is 0 Å². The highest BCUT2D eigenvalue weighted by atomic mass is 16.5. The Kier molecular flexibility index (Phi) is 3.75. The summed E-state index contributed by atoms with van der Waals surface area (Å²) in [6.07, 6.45) is 1.30. The van der Waals surface area contributed by atoms with Crippen LogP contribution < -0.4 is 5.32 Å². The first kappa shape index (κ1) is 11.4. The second-order valence-electron chi connectivity index (χ2n) is 4.49. The van der Waals surface area contributed by atoms with Gasteiger partial charge in [-0.1, -0.05) is 30.8 Å². The van der Waals surface area contributed by atoms with Crippen LogP contribution in [0.2, 0.25) is 0 Å². The molecule has 0 bridgehead atoms. The summed E-state index contributed by atoms with van der Waals surface area (Å²) in [5, 5.41) is 2.27. The van der Waals surface area contributed by atoms with Crippen molar-refractivity contribution in [3.8, 4) is 0 Å². The van der Waals surface area contributed by atoms with Crippen LogP contribution in [-0.4, -0.2) is 19.7 Å². The van der Waals surface area contributed by atoms with Crippen LogP contribution in [0.5, 0.6) is 0 Å². The molecule has 1 aromatic carbocycles. The summed E-state index contributed by atoms with van der Waals surface area (Å²) in [6, 6.07) is 8.61. The number of hydrogen-bond acceptors (Lipinski definition) is 1. The quantitative estimate of drug-likeness (QED) is 0.760. The van der Waals surface area contributed by atoms with E-state index in [2.05, 4.69) is 43.1 Å². The Balaban J connectivity index is 1.99. The predicted octanol–water partition coefficient (Wildman–Crippen LogP) is 1.44. The molecule has 86 valence electrons. The molecule has 2 heteroatoms. The van der Waals surface area contributed by atoms with E-state index in [0.717, 1.165) is 26.1 Å². The van der Waals surface area contributed by atoms with E-state index < -0.39 is 0 Å². The summed E-state index contributed by atoms with van der Waals surface area (Å²) in [5.41, 5.74) is 4.03. The summed E-state index contributed by atoms with van der Waals surface area (Å²) in [6.45, 7) is 8.80. The maximum atomic E-state index is 5.83. The molecule has 0 aliphatic carbocycles. The lowest BCUT2D eigenvalue weighted by Crippen LogP contribution is -2.85. The van der Waals surface area contributed by atoms with Crippen molar-refractivity contribution >= 4 is 0 Å². The van der Waals surface area contributed by atoms with E-state index in [0.29, 0.717) is 0 Å². The second-order valence-corrected chi connectivity index (χ2v) is 4.49. The minimum absolute atomic E-state index is 0.254. The Labute approximate surface area is 97.3 Å². The molecule has 0 amide bonds. The Morgan fingerprint density at radius 1 is 1.50 bits per heavy atom. The normalized spacial score (nSPS) is 19.2. The van der Waals surface area contributed by atoms with E-state index in [1.807, 2.05) is 0 Å². The van der Waals surface area contributed by atoms with Gasteiger partial charge >= 0.3 is 0 Å². The van der Waals surface area contributed by atoms with Gasteiger partial charge in [-0.05, 0) is 30.0 Å². The number of nitrogens with two attached hydrogens (primary N) is 1. The molecule has 1 atom stereocenters. The fourth-order valence-corrected chi connectivity index (χ4v) is 2.15. The third-order valence-electron chi connectivity index (χ3n) is 2.97. The lowest BCUT2D eigenvalue weighted by Gasteiger charge is -2.24. The lowest BCUT2D eigenvalue weighted by atomic mass is 9.97. The van der Waals surface area contributed by atoms with E-state index >= 15 is 0 Å². The van der Waals surface area contributed by atoms with Crippen LogP contribution >= 0.6 is 0 Å².